The molecule has 1 fully saturated rings. The molecule has 1 aromatic carbocycles. The Morgan fingerprint density at radius 1 is 1.05 bits per heavy atom. The van der Waals surface area contributed by atoms with Crippen LogP contribution in [0.2, 0.25) is 0 Å². The zero-order valence-electron chi connectivity index (χ0n) is 11.6. The molecule has 1 N–H and O–H groups in total. The first-order valence-electron chi connectivity index (χ1n) is 6.76. The lowest BCUT2D eigenvalue weighted by Gasteiger charge is -2.26. The van der Waals surface area contributed by atoms with E-state index in [1.54, 1.807) is 24.3 Å². The molecule has 2 heterocycles. The quantitative estimate of drug-likeness (QED) is 0.815. The number of imide groups is 1. The Balaban J connectivity index is 1.73. The molecule has 0 aromatic heterocycles. The van der Waals surface area contributed by atoms with Crippen molar-refractivity contribution >= 4 is 23.8 Å². The van der Waals surface area contributed by atoms with Crippen molar-refractivity contribution in [2.24, 2.45) is 0 Å². The maximum absolute atomic E-state index is 12.2. The number of rotatable bonds is 3. The predicted octanol–water partition coefficient (Wildman–Crippen LogP) is 0.410. The number of hydrogen-bond acceptors (Lipinski definition) is 4. The molecule has 8 heteroatoms. The maximum Gasteiger partial charge on any atom is 0.426 e. The third-order valence-corrected chi connectivity index (χ3v) is 3.75. The van der Waals surface area contributed by atoms with Gasteiger partial charge in [0.2, 0.25) is 5.91 Å². The average Bonchev–Trinajstić information content (AvgIpc) is 2.98. The van der Waals surface area contributed by atoms with Crippen LogP contribution >= 0.6 is 0 Å². The fourth-order valence-electron chi connectivity index (χ4n) is 2.67. The number of carbonyl (C=O) groups is 4. The zero-order valence-corrected chi connectivity index (χ0v) is 11.6. The molecule has 0 radical (unpaired) electrons. The van der Waals surface area contributed by atoms with Crippen LogP contribution in [0.15, 0.2) is 24.3 Å². The van der Waals surface area contributed by atoms with Gasteiger partial charge in [-0.2, -0.15) is 0 Å². The Kier molecular flexibility index (Phi) is 3.28. The van der Waals surface area contributed by atoms with Crippen molar-refractivity contribution in [2.75, 3.05) is 19.6 Å². The van der Waals surface area contributed by atoms with E-state index in [1.165, 1.54) is 0 Å². The zero-order chi connectivity index (χ0) is 15.9. The largest absolute Gasteiger partial charge is 0.464 e. The first-order chi connectivity index (χ1) is 10.5. The van der Waals surface area contributed by atoms with E-state index in [-0.39, 0.29) is 32.0 Å². The van der Waals surface area contributed by atoms with Gasteiger partial charge in [0.15, 0.2) is 0 Å². The number of carboxylic acid groups (broad SMARTS) is 1. The monoisotopic (exact) mass is 303 g/mol. The summed E-state index contributed by atoms with van der Waals surface area (Å²) in [6, 6.07) is 6.48. The highest BCUT2D eigenvalue weighted by molar-refractivity contribution is 6.21. The van der Waals surface area contributed by atoms with Gasteiger partial charge in [0.1, 0.15) is 0 Å². The lowest BCUT2D eigenvalue weighted by Crippen LogP contribution is -2.46. The standard InChI is InChI=1S/C14H13N3O5/c18-11-5-6-17(14(21)22)16(11)8-7-15-12(19)9-3-1-2-4-10(9)13(15)20/h1-4H,5-8H2,(H,21,22). The van der Waals surface area contributed by atoms with Crippen molar-refractivity contribution in [2.45, 2.75) is 6.42 Å². The van der Waals surface area contributed by atoms with Gasteiger partial charge in [-0.1, -0.05) is 12.1 Å². The molecule has 0 spiro atoms. The molecule has 3 rings (SSSR count). The molecule has 0 unspecified atom stereocenters. The molecule has 0 bridgehead atoms. The van der Waals surface area contributed by atoms with Crippen molar-refractivity contribution in [1.82, 2.24) is 14.9 Å². The Hall–Kier alpha value is -2.90. The number of fused-ring (bicyclic) bond motifs is 1. The SMILES string of the molecule is O=C1c2ccccc2C(=O)N1CCN1C(=O)CCN1C(=O)O. The first-order valence-corrected chi connectivity index (χ1v) is 6.76. The third kappa shape index (κ3) is 2.09. The van der Waals surface area contributed by atoms with E-state index in [0.717, 1.165) is 14.9 Å². The van der Waals surface area contributed by atoms with Gasteiger partial charge in [0, 0.05) is 13.0 Å². The highest BCUT2D eigenvalue weighted by Crippen LogP contribution is 2.22. The average molecular weight is 303 g/mol. The van der Waals surface area contributed by atoms with Crippen molar-refractivity contribution < 1.29 is 24.3 Å². The molecule has 2 aliphatic heterocycles. The number of hydrazine groups is 1. The van der Waals surface area contributed by atoms with E-state index in [0.29, 0.717) is 11.1 Å². The number of amides is 4. The van der Waals surface area contributed by atoms with Crippen LogP contribution in [0.5, 0.6) is 0 Å². The Labute approximate surface area is 125 Å². The van der Waals surface area contributed by atoms with Gasteiger partial charge in [0.05, 0.1) is 24.2 Å². The van der Waals surface area contributed by atoms with E-state index in [1.807, 2.05) is 0 Å². The van der Waals surface area contributed by atoms with Crippen LogP contribution in [0.4, 0.5) is 4.79 Å². The normalized spacial score (nSPS) is 17.5. The van der Waals surface area contributed by atoms with E-state index in [2.05, 4.69) is 0 Å². The second kappa shape index (κ2) is 5.14. The fraction of sp³-hybridized carbons (Fsp3) is 0.286. The summed E-state index contributed by atoms with van der Waals surface area (Å²) in [5.41, 5.74) is 0.658. The van der Waals surface area contributed by atoms with Gasteiger partial charge in [-0.15, -0.1) is 0 Å². The Bertz CT molecular complexity index is 652. The van der Waals surface area contributed by atoms with Crippen LogP contribution in [0.1, 0.15) is 27.1 Å². The molecule has 0 aliphatic carbocycles. The number of nitrogens with zero attached hydrogens (tertiary/aromatic N) is 3. The fourth-order valence-corrected chi connectivity index (χ4v) is 2.67. The summed E-state index contributed by atoms with van der Waals surface area (Å²) >= 11 is 0. The molecule has 114 valence electrons. The van der Waals surface area contributed by atoms with Crippen molar-refractivity contribution in [3.63, 3.8) is 0 Å². The number of hydrogen-bond donors (Lipinski definition) is 1. The summed E-state index contributed by atoms with van der Waals surface area (Å²) in [6.07, 6.45) is -1.12. The summed E-state index contributed by atoms with van der Waals surface area (Å²) in [4.78, 5) is 48.2. The van der Waals surface area contributed by atoms with E-state index in [9.17, 15) is 19.2 Å². The van der Waals surface area contributed by atoms with Gasteiger partial charge in [-0.3, -0.25) is 19.3 Å². The van der Waals surface area contributed by atoms with E-state index < -0.39 is 17.9 Å². The van der Waals surface area contributed by atoms with Crippen LogP contribution in [0.3, 0.4) is 0 Å². The smallest absolute Gasteiger partial charge is 0.426 e. The third-order valence-electron chi connectivity index (χ3n) is 3.75. The Morgan fingerprint density at radius 3 is 2.18 bits per heavy atom. The topological polar surface area (TPSA) is 98.2 Å². The summed E-state index contributed by atoms with van der Waals surface area (Å²) in [5, 5.41) is 11.0. The molecular weight excluding hydrogens is 290 g/mol. The molecule has 0 atom stereocenters. The molecular formula is C14H13N3O5. The summed E-state index contributed by atoms with van der Waals surface area (Å²) in [5.74, 6) is -1.18. The lowest BCUT2D eigenvalue weighted by molar-refractivity contribution is -0.136. The Morgan fingerprint density at radius 2 is 1.64 bits per heavy atom. The van der Waals surface area contributed by atoms with Crippen molar-refractivity contribution in [3.8, 4) is 0 Å². The van der Waals surface area contributed by atoms with Crippen LogP contribution < -0.4 is 0 Å². The molecule has 1 saturated heterocycles. The molecule has 22 heavy (non-hydrogen) atoms. The molecule has 4 amide bonds. The van der Waals surface area contributed by atoms with E-state index in [4.69, 9.17) is 5.11 Å². The van der Waals surface area contributed by atoms with Gasteiger partial charge in [0.25, 0.3) is 11.8 Å². The van der Waals surface area contributed by atoms with Crippen LogP contribution in [-0.4, -0.2) is 63.5 Å². The van der Waals surface area contributed by atoms with Gasteiger partial charge < -0.3 is 5.11 Å². The van der Waals surface area contributed by atoms with Crippen LogP contribution in [0, 0.1) is 0 Å². The summed E-state index contributed by atoms with van der Waals surface area (Å²) in [7, 11) is 0. The minimum Gasteiger partial charge on any atom is -0.464 e. The number of benzene rings is 1. The molecule has 1 aromatic rings. The second-order valence-electron chi connectivity index (χ2n) is 4.98. The summed E-state index contributed by atoms with van der Waals surface area (Å²) < 4.78 is 0. The van der Waals surface area contributed by atoms with Crippen LogP contribution in [-0.2, 0) is 4.79 Å². The molecule has 8 nitrogen and oxygen atoms in total. The first kappa shape index (κ1) is 14.1. The second-order valence-corrected chi connectivity index (χ2v) is 4.98. The van der Waals surface area contributed by atoms with Crippen molar-refractivity contribution in [1.29, 1.82) is 0 Å². The molecule has 0 saturated carbocycles. The highest BCUT2D eigenvalue weighted by atomic mass is 16.4. The van der Waals surface area contributed by atoms with Gasteiger partial charge in [-0.25, -0.2) is 14.8 Å². The predicted molar refractivity (Wildman–Crippen MR) is 72.9 cm³/mol. The minimum atomic E-state index is -1.23. The lowest BCUT2D eigenvalue weighted by atomic mass is 10.1. The van der Waals surface area contributed by atoms with Crippen LogP contribution in [0.25, 0.3) is 0 Å². The summed E-state index contributed by atoms with van der Waals surface area (Å²) in [6.45, 7) is 0.0226. The van der Waals surface area contributed by atoms with Gasteiger partial charge >= 0.3 is 6.09 Å². The van der Waals surface area contributed by atoms with E-state index >= 15 is 0 Å². The minimum absolute atomic E-state index is 0.0311. The molecule has 2 aliphatic rings. The number of carbonyl (C=O) groups excluding carboxylic acids is 3. The van der Waals surface area contributed by atoms with Crippen molar-refractivity contribution in [3.05, 3.63) is 35.4 Å². The van der Waals surface area contributed by atoms with Gasteiger partial charge in [-0.05, 0) is 12.1 Å². The highest BCUT2D eigenvalue weighted by Gasteiger charge is 2.37. The maximum atomic E-state index is 12.2.